The highest BCUT2D eigenvalue weighted by Gasteiger charge is 2.25. The van der Waals surface area contributed by atoms with Crippen LogP contribution in [0.1, 0.15) is 12.5 Å². The van der Waals surface area contributed by atoms with Gasteiger partial charge in [-0.25, -0.2) is 0 Å². The average molecular weight is 308 g/mol. The summed E-state index contributed by atoms with van der Waals surface area (Å²) in [5.41, 5.74) is 9.19. The minimum Gasteiger partial charge on any atom is -0.489 e. The zero-order chi connectivity index (χ0) is 12.9. The van der Waals surface area contributed by atoms with Gasteiger partial charge in [0, 0.05) is 29.1 Å². The summed E-state index contributed by atoms with van der Waals surface area (Å²) >= 11 is 3.54. The predicted molar refractivity (Wildman–Crippen MR) is 74.6 cm³/mol. The molecular formula is C13H14BrN3O. The van der Waals surface area contributed by atoms with Crippen LogP contribution in [0.15, 0.2) is 22.8 Å². The summed E-state index contributed by atoms with van der Waals surface area (Å²) in [5, 5.41) is 4.19. The molecule has 1 unspecified atom stereocenters. The summed E-state index contributed by atoms with van der Waals surface area (Å²) in [7, 11) is 1.83. The number of aromatic nitrogens is 2. The fourth-order valence-electron chi connectivity index (χ4n) is 2.35. The van der Waals surface area contributed by atoms with E-state index in [4.69, 9.17) is 10.5 Å². The minimum atomic E-state index is 0.214. The molecule has 0 bridgehead atoms. The van der Waals surface area contributed by atoms with Crippen molar-refractivity contribution in [1.82, 2.24) is 9.78 Å². The van der Waals surface area contributed by atoms with Crippen LogP contribution in [-0.4, -0.2) is 15.9 Å². The van der Waals surface area contributed by atoms with Crippen LogP contribution in [0.4, 0.5) is 5.82 Å². The molecule has 2 N–H and O–H groups in total. The maximum absolute atomic E-state index is 6.04. The standard InChI is InChI=1S/C13H14BrN3O/c1-7-3-8-4-9(14)5-10(12(8)18-7)11-6-16-17(2)13(11)15/h4-7H,3,15H2,1-2H3. The Morgan fingerprint density at radius 3 is 2.89 bits per heavy atom. The number of hydrogen-bond donors (Lipinski definition) is 1. The Bertz CT molecular complexity index is 621. The van der Waals surface area contributed by atoms with E-state index in [1.54, 1.807) is 10.9 Å². The maximum Gasteiger partial charge on any atom is 0.131 e. The van der Waals surface area contributed by atoms with Gasteiger partial charge in [0.15, 0.2) is 0 Å². The summed E-state index contributed by atoms with van der Waals surface area (Å²) in [4.78, 5) is 0. The van der Waals surface area contributed by atoms with Gasteiger partial charge in [-0.05, 0) is 24.6 Å². The Morgan fingerprint density at radius 1 is 1.44 bits per heavy atom. The second kappa shape index (κ2) is 4.02. The molecule has 0 saturated carbocycles. The molecule has 0 saturated heterocycles. The molecule has 3 rings (SSSR count). The molecule has 0 aliphatic carbocycles. The molecule has 0 radical (unpaired) electrons. The Balaban J connectivity index is 2.22. The molecule has 18 heavy (non-hydrogen) atoms. The van der Waals surface area contributed by atoms with Crippen LogP contribution in [0.2, 0.25) is 0 Å². The molecule has 1 aliphatic rings. The van der Waals surface area contributed by atoms with Gasteiger partial charge in [0.2, 0.25) is 0 Å². The fraction of sp³-hybridized carbons (Fsp3) is 0.308. The second-order valence-electron chi connectivity index (χ2n) is 4.64. The van der Waals surface area contributed by atoms with Gasteiger partial charge < -0.3 is 10.5 Å². The number of halogens is 1. The molecule has 0 spiro atoms. The number of nitrogens with two attached hydrogens (primary N) is 1. The van der Waals surface area contributed by atoms with Gasteiger partial charge in [0.25, 0.3) is 0 Å². The number of anilines is 1. The van der Waals surface area contributed by atoms with Crippen molar-refractivity contribution in [3.63, 3.8) is 0 Å². The maximum atomic E-state index is 6.04. The van der Waals surface area contributed by atoms with E-state index in [0.717, 1.165) is 27.8 Å². The molecule has 1 aromatic carbocycles. The molecule has 1 aliphatic heterocycles. The van der Waals surface area contributed by atoms with Crippen molar-refractivity contribution < 1.29 is 4.74 Å². The van der Waals surface area contributed by atoms with Gasteiger partial charge in [-0.1, -0.05) is 15.9 Å². The van der Waals surface area contributed by atoms with Crippen LogP contribution < -0.4 is 10.5 Å². The highest BCUT2D eigenvalue weighted by molar-refractivity contribution is 9.10. The number of fused-ring (bicyclic) bond motifs is 1. The molecule has 5 heteroatoms. The second-order valence-corrected chi connectivity index (χ2v) is 5.56. The zero-order valence-corrected chi connectivity index (χ0v) is 11.9. The molecule has 1 aromatic heterocycles. The van der Waals surface area contributed by atoms with Gasteiger partial charge in [-0.3, -0.25) is 4.68 Å². The zero-order valence-electron chi connectivity index (χ0n) is 10.3. The predicted octanol–water partition coefficient (Wildman–Crippen LogP) is 2.76. The monoisotopic (exact) mass is 307 g/mol. The quantitative estimate of drug-likeness (QED) is 0.881. The number of hydrogen-bond acceptors (Lipinski definition) is 3. The summed E-state index contributed by atoms with van der Waals surface area (Å²) in [6.07, 6.45) is 2.93. The van der Waals surface area contributed by atoms with E-state index in [1.165, 1.54) is 5.56 Å². The number of aryl methyl sites for hydroxylation is 1. The normalized spacial score (nSPS) is 17.6. The van der Waals surface area contributed by atoms with E-state index in [0.29, 0.717) is 5.82 Å². The Morgan fingerprint density at radius 2 is 2.22 bits per heavy atom. The van der Waals surface area contributed by atoms with Crippen molar-refractivity contribution in [2.24, 2.45) is 7.05 Å². The van der Waals surface area contributed by atoms with E-state index < -0.39 is 0 Å². The molecule has 94 valence electrons. The molecule has 0 amide bonds. The van der Waals surface area contributed by atoms with Crippen LogP contribution in [-0.2, 0) is 13.5 Å². The van der Waals surface area contributed by atoms with Crippen molar-refractivity contribution in [1.29, 1.82) is 0 Å². The van der Waals surface area contributed by atoms with Crippen molar-refractivity contribution in [3.05, 3.63) is 28.4 Å². The van der Waals surface area contributed by atoms with Gasteiger partial charge in [0.1, 0.15) is 17.7 Å². The smallest absolute Gasteiger partial charge is 0.131 e. The van der Waals surface area contributed by atoms with Crippen molar-refractivity contribution in [3.8, 4) is 16.9 Å². The lowest BCUT2D eigenvalue weighted by atomic mass is 10.0. The number of ether oxygens (including phenoxy) is 1. The first-order chi connectivity index (χ1) is 8.56. The highest BCUT2D eigenvalue weighted by atomic mass is 79.9. The summed E-state index contributed by atoms with van der Waals surface area (Å²) in [6.45, 7) is 2.07. The van der Waals surface area contributed by atoms with E-state index >= 15 is 0 Å². The summed E-state index contributed by atoms with van der Waals surface area (Å²) in [6, 6.07) is 4.14. The molecular weight excluding hydrogens is 294 g/mol. The number of nitrogens with zero attached hydrogens (tertiary/aromatic N) is 2. The van der Waals surface area contributed by atoms with Gasteiger partial charge in [-0.2, -0.15) is 5.10 Å². The van der Waals surface area contributed by atoms with E-state index in [-0.39, 0.29) is 6.10 Å². The molecule has 0 fully saturated rings. The van der Waals surface area contributed by atoms with E-state index in [1.807, 2.05) is 13.1 Å². The first-order valence-electron chi connectivity index (χ1n) is 5.83. The van der Waals surface area contributed by atoms with Crippen LogP contribution >= 0.6 is 15.9 Å². The van der Waals surface area contributed by atoms with Gasteiger partial charge in [0.05, 0.1) is 6.20 Å². The first-order valence-corrected chi connectivity index (χ1v) is 6.62. The molecule has 4 nitrogen and oxygen atoms in total. The van der Waals surface area contributed by atoms with Gasteiger partial charge >= 0.3 is 0 Å². The minimum absolute atomic E-state index is 0.214. The number of rotatable bonds is 1. The lowest BCUT2D eigenvalue weighted by molar-refractivity contribution is 0.255. The summed E-state index contributed by atoms with van der Waals surface area (Å²) in [5.74, 6) is 1.59. The third-order valence-electron chi connectivity index (χ3n) is 3.23. The number of benzene rings is 1. The van der Waals surface area contributed by atoms with Crippen molar-refractivity contribution in [2.75, 3.05) is 5.73 Å². The Labute approximate surface area is 114 Å². The van der Waals surface area contributed by atoms with Crippen LogP contribution in [0.25, 0.3) is 11.1 Å². The molecule has 2 heterocycles. The first kappa shape index (κ1) is 11.6. The molecule has 1 atom stereocenters. The van der Waals surface area contributed by atoms with Gasteiger partial charge in [-0.15, -0.1) is 0 Å². The third kappa shape index (κ3) is 1.70. The van der Waals surface area contributed by atoms with E-state index in [9.17, 15) is 0 Å². The summed E-state index contributed by atoms with van der Waals surface area (Å²) < 4.78 is 8.60. The molecule has 2 aromatic rings. The van der Waals surface area contributed by atoms with Crippen molar-refractivity contribution >= 4 is 21.7 Å². The van der Waals surface area contributed by atoms with Crippen LogP contribution in [0.5, 0.6) is 5.75 Å². The fourth-order valence-corrected chi connectivity index (χ4v) is 2.85. The van der Waals surface area contributed by atoms with Crippen molar-refractivity contribution in [2.45, 2.75) is 19.4 Å². The highest BCUT2D eigenvalue weighted by Crippen LogP contribution is 2.42. The lowest BCUT2D eigenvalue weighted by Crippen LogP contribution is -2.05. The topological polar surface area (TPSA) is 53.1 Å². The SMILES string of the molecule is CC1Cc2cc(Br)cc(-c3cnn(C)c3N)c2O1. The average Bonchev–Trinajstić information content (AvgIpc) is 2.82. The number of nitrogen functional groups attached to an aromatic ring is 1. The Kier molecular flexibility index (Phi) is 2.59. The Hall–Kier alpha value is -1.49. The lowest BCUT2D eigenvalue weighted by Gasteiger charge is -2.09. The third-order valence-corrected chi connectivity index (χ3v) is 3.69. The van der Waals surface area contributed by atoms with E-state index in [2.05, 4.69) is 34.0 Å². The largest absolute Gasteiger partial charge is 0.489 e. The van der Waals surface area contributed by atoms with Crippen LogP contribution in [0.3, 0.4) is 0 Å². The van der Waals surface area contributed by atoms with Crippen LogP contribution in [0, 0.1) is 0 Å².